The molecule has 1 N–H and O–H groups in total. The van der Waals surface area contributed by atoms with E-state index in [9.17, 15) is 14.4 Å². The van der Waals surface area contributed by atoms with Crippen molar-refractivity contribution in [3.05, 3.63) is 0 Å². The third-order valence-electron chi connectivity index (χ3n) is 0.999. The maximum absolute atomic E-state index is 10.6. The van der Waals surface area contributed by atoms with Gasteiger partial charge >= 0.3 is 12.0 Å². The Bertz CT molecular complexity index is 225. The van der Waals surface area contributed by atoms with Crippen LogP contribution in [0.25, 0.3) is 0 Å². The van der Waals surface area contributed by atoms with E-state index in [0.717, 1.165) is 6.92 Å². The van der Waals surface area contributed by atoms with Gasteiger partial charge in [0.05, 0.1) is 0 Å². The zero-order valence-corrected chi connectivity index (χ0v) is 5.79. The monoisotopic (exact) mass is 158 g/mol. The van der Waals surface area contributed by atoms with Crippen molar-refractivity contribution in [2.45, 2.75) is 6.92 Å². The van der Waals surface area contributed by atoms with Gasteiger partial charge in [-0.3, -0.25) is 14.9 Å². The number of nitrogens with zero attached hydrogens (tertiary/aromatic N) is 1. The van der Waals surface area contributed by atoms with E-state index in [-0.39, 0.29) is 6.54 Å². The number of rotatable bonds is 1. The minimum Gasteiger partial charge on any atom is -0.336 e. The molecule has 0 aliphatic carbocycles. The molecule has 11 heavy (non-hydrogen) atoms. The molecule has 0 saturated carbocycles. The first-order valence-corrected chi connectivity index (χ1v) is 2.89. The molecule has 1 rings (SSSR count). The molecular weight excluding hydrogens is 152 g/mol. The van der Waals surface area contributed by atoms with Crippen LogP contribution in [0.1, 0.15) is 6.92 Å². The van der Waals surface area contributed by atoms with Crippen LogP contribution in [0, 0.1) is 0 Å². The Kier molecular flexibility index (Phi) is 1.75. The van der Waals surface area contributed by atoms with Crippen LogP contribution in [0.4, 0.5) is 4.79 Å². The number of nitrogens with one attached hydrogen (secondary N) is 1. The highest BCUT2D eigenvalue weighted by Gasteiger charge is 2.29. The molecule has 0 bridgehead atoms. The van der Waals surface area contributed by atoms with Gasteiger partial charge in [-0.2, -0.15) is 0 Å². The molecule has 0 aromatic rings. The second-order valence-electron chi connectivity index (χ2n) is 1.97. The first-order valence-electron chi connectivity index (χ1n) is 2.89. The molecule has 1 aliphatic rings. The number of urea groups is 1. The number of hydrogen-bond acceptors (Lipinski definition) is 4. The van der Waals surface area contributed by atoms with Crippen LogP contribution in [0.5, 0.6) is 0 Å². The highest BCUT2D eigenvalue weighted by atomic mass is 16.7. The average molecular weight is 158 g/mol. The Morgan fingerprint density at radius 3 is 2.64 bits per heavy atom. The molecule has 0 aromatic heterocycles. The van der Waals surface area contributed by atoms with Crippen molar-refractivity contribution < 1.29 is 19.2 Å². The minimum absolute atomic E-state index is 0.224. The van der Waals surface area contributed by atoms with Gasteiger partial charge in [0.25, 0.3) is 5.91 Å². The van der Waals surface area contributed by atoms with Crippen LogP contribution < -0.4 is 5.32 Å². The van der Waals surface area contributed by atoms with E-state index in [1.54, 1.807) is 0 Å². The lowest BCUT2D eigenvalue weighted by atomic mass is 10.7. The molecular formula is C5H6N2O4. The maximum Gasteiger partial charge on any atom is 0.357 e. The molecule has 0 spiro atoms. The lowest BCUT2D eigenvalue weighted by Crippen LogP contribution is -2.30. The summed E-state index contributed by atoms with van der Waals surface area (Å²) in [6, 6.07) is -0.704. The van der Waals surface area contributed by atoms with E-state index < -0.39 is 17.9 Å². The van der Waals surface area contributed by atoms with E-state index in [1.165, 1.54) is 0 Å². The van der Waals surface area contributed by atoms with Crippen LogP contribution in [0.2, 0.25) is 0 Å². The molecule has 0 atom stereocenters. The molecule has 1 aliphatic heterocycles. The zero-order valence-electron chi connectivity index (χ0n) is 5.79. The van der Waals surface area contributed by atoms with Crippen molar-refractivity contribution in [3.8, 4) is 0 Å². The highest BCUT2D eigenvalue weighted by molar-refractivity contribution is 6.01. The number of imide groups is 1. The van der Waals surface area contributed by atoms with Crippen molar-refractivity contribution in [2.24, 2.45) is 0 Å². The van der Waals surface area contributed by atoms with Crippen molar-refractivity contribution in [3.63, 3.8) is 0 Å². The largest absolute Gasteiger partial charge is 0.357 e. The summed E-state index contributed by atoms with van der Waals surface area (Å²) < 4.78 is 0. The Morgan fingerprint density at radius 1 is 1.64 bits per heavy atom. The van der Waals surface area contributed by atoms with Crippen LogP contribution in [-0.4, -0.2) is 29.5 Å². The van der Waals surface area contributed by atoms with E-state index >= 15 is 0 Å². The van der Waals surface area contributed by atoms with Crippen LogP contribution in [-0.2, 0) is 14.4 Å². The summed E-state index contributed by atoms with van der Waals surface area (Å²) in [4.78, 5) is 35.8. The first-order chi connectivity index (χ1) is 5.09. The number of amides is 3. The summed E-state index contributed by atoms with van der Waals surface area (Å²) in [5.74, 6) is -1.11. The quantitative estimate of drug-likeness (QED) is 0.497. The third kappa shape index (κ3) is 1.66. The van der Waals surface area contributed by atoms with E-state index in [1.807, 2.05) is 5.32 Å². The Labute approximate surface area is 62.1 Å². The molecule has 3 amide bonds. The summed E-state index contributed by atoms with van der Waals surface area (Å²) >= 11 is 0. The lowest BCUT2D eigenvalue weighted by molar-refractivity contribution is -0.171. The predicted octanol–water partition coefficient (Wildman–Crippen LogP) is -0.984. The fourth-order valence-electron chi connectivity index (χ4n) is 0.652. The summed E-state index contributed by atoms with van der Waals surface area (Å²) in [5.41, 5.74) is 0. The molecule has 0 aromatic carbocycles. The van der Waals surface area contributed by atoms with Crippen molar-refractivity contribution in [1.29, 1.82) is 0 Å². The fraction of sp³-hybridized carbons (Fsp3) is 0.400. The van der Waals surface area contributed by atoms with Gasteiger partial charge < -0.3 is 4.84 Å². The molecule has 1 saturated heterocycles. The molecule has 1 fully saturated rings. The summed E-state index contributed by atoms with van der Waals surface area (Å²) in [5, 5.41) is 2.61. The van der Waals surface area contributed by atoms with E-state index in [4.69, 9.17) is 0 Å². The van der Waals surface area contributed by atoms with Gasteiger partial charge in [0, 0.05) is 6.92 Å². The second kappa shape index (κ2) is 2.57. The van der Waals surface area contributed by atoms with Gasteiger partial charge in [-0.25, -0.2) is 4.79 Å². The van der Waals surface area contributed by atoms with Crippen molar-refractivity contribution >= 4 is 17.9 Å². The summed E-state index contributed by atoms with van der Waals surface area (Å²) in [7, 11) is 0. The third-order valence-corrected chi connectivity index (χ3v) is 0.999. The molecule has 0 radical (unpaired) electrons. The van der Waals surface area contributed by atoms with Gasteiger partial charge in [0.15, 0.2) is 0 Å². The molecule has 1 heterocycles. The SMILES string of the molecule is CC(=O)ON1CC(=O)NC1=O. The van der Waals surface area contributed by atoms with Gasteiger partial charge in [-0.05, 0) is 0 Å². The fourth-order valence-corrected chi connectivity index (χ4v) is 0.652. The van der Waals surface area contributed by atoms with Gasteiger partial charge in [0.2, 0.25) is 0 Å². The number of carbonyl (C=O) groups is 3. The van der Waals surface area contributed by atoms with E-state index in [2.05, 4.69) is 4.84 Å². The Balaban J connectivity index is 2.53. The van der Waals surface area contributed by atoms with E-state index in [0.29, 0.717) is 5.06 Å². The van der Waals surface area contributed by atoms with Crippen molar-refractivity contribution in [2.75, 3.05) is 6.54 Å². The first kappa shape index (κ1) is 7.52. The molecule has 6 heteroatoms. The van der Waals surface area contributed by atoms with Crippen molar-refractivity contribution in [1.82, 2.24) is 10.4 Å². The number of hydrogen-bond donors (Lipinski definition) is 1. The summed E-state index contributed by atoms with van der Waals surface area (Å²) in [6.07, 6.45) is 0. The topological polar surface area (TPSA) is 75.7 Å². The maximum atomic E-state index is 10.6. The van der Waals surface area contributed by atoms with Crippen LogP contribution in [0.15, 0.2) is 0 Å². The highest BCUT2D eigenvalue weighted by Crippen LogP contribution is 1.98. The standard InChI is InChI=1S/C5H6N2O4/c1-3(8)11-7-2-4(9)6-5(7)10/h2H2,1H3,(H,6,9,10). The number of hydroxylamine groups is 2. The zero-order chi connectivity index (χ0) is 8.43. The van der Waals surface area contributed by atoms with Crippen LogP contribution >= 0.6 is 0 Å². The average Bonchev–Trinajstić information content (AvgIpc) is 2.09. The Hall–Kier alpha value is -1.59. The summed E-state index contributed by atoms with van der Waals surface area (Å²) in [6.45, 7) is 0.925. The predicted molar refractivity (Wildman–Crippen MR) is 32.0 cm³/mol. The smallest absolute Gasteiger partial charge is 0.336 e. The minimum atomic E-state index is -0.704. The lowest BCUT2D eigenvalue weighted by Gasteiger charge is -2.09. The number of carbonyl (C=O) groups excluding carboxylic acids is 3. The van der Waals surface area contributed by atoms with Crippen LogP contribution in [0.3, 0.4) is 0 Å². The van der Waals surface area contributed by atoms with Gasteiger partial charge in [-0.15, -0.1) is 5.06 Å². The molecule has 60 valence electrons. The van der Waals surface area contributed by atoms with Gasteiger partial charge in [0.1, 0.15) is 6.54 Å². The normalized spacial score (nSPS) is 16.6. The molecule has 0 unspecified atom stereocenters. The Morgan fingerprint density at radius 2 is 2.27 bits per heavy atom. The van der Waals surface area contributed by atoms with Gasteiger partial charge in [-0.1, -0.05) is 0 Å². The molecule has 6 nitrogen and oxygen atoms in total. The second-order valence-corrected chi connectivity index (χ2v) is 1.97.